The number of rotatable bonds is 3. The van der Waals surface area contributed by atoms with Gasteiger partial charge in [-0.3, -0.25) is 4.74 Å². The Morgan fingerprint density at radius 2 is 2.06 bits per heavy atom. The molecule has 0 radical (unpaired) electrons. The van der Waals surface area contributed by atoms with Gasteiger partial charge in [0.2, 0.25) is 0 Å². The minimum Gasteiger partial charge on any atom is -0.382 e. The van der Waals surface area contributed by atoms with Gasteiger partial charge >= 0.3 is 6.36 Å². The molecule has 0 amide bonds. The summed E-state index contributed by atoms with van der Waals surface area (Å²) in [5.41, 5.74) is 1.87. The predicted molar refractivity (Wildman–Crippen MR) is 59.2 cm³/mol. The monoisotopic (exact) mass is 246 g/mol. The molecule has 1 aromatic carbocycles. The topological polar surface area (TPSA) is 24.5 Å². The molecule has 0 saturated carbocycles. The summed E-state index contributed by atoms with van der Waals surface area (Å²) in [6.07, 6.45) is -4.55. The Bertz CT molecular complexity index is 381. The van der Waals surface area contributed by atoms with Gasteiger partial charge in [-0.05, 0) is 12.1 Å². The minimum atomic E-state index is -4.55. The van der Waals surface area contributed by atoms with E-state index in [1.54, 1.807) is 0 Å². The number of ether oxygens (including phenoxy) is 1. The first-order valence-electron chi connectivity index (χ1n) is 5.35. The number of fused-ring (bicyclic) bond motifs is 1. The van der Waals surface area contributed by atoms with Crippen LogP contribution in [0.2, 0.25) is 0 Å². The predicted octanol–water partition coefficient (Wildman–Crippen LogP) is 2.45. The van der Waals surface area contributed by atoms with E-state index < -0.39 is 6.36 Å². The summed E-state index contributed by atoms with van der Waals surface area (Å²) in [7, 11) is 0. The van der Waals surface area contributed by atoms with Crippen molar-refractivity contribution in [1.29, 1.82) is 0 Å². The van der Waals surface area contributed by atoms with E-state index in [-0.39, 0.29) is 13.2 Å². The lowest BCUT2D eigenvalue weighted by atomic mass is 10.2. The van der Waals surface area contributed by atoms with E-state index in [4.69, 9.17) is 0 Å². The van der Waals surface area contributed by atoms with Crippen LogP contribution in [0.1, 0.15) is 0 Å². The number of nitrogens with zero attached hydrogens (tertiary/aromatic N) is 1. The van der Waals surface area contributed by atoms with Crippen LogP contribution in [0, 0.1) is 0 Å². The molecule has 1 aliphatic rings. The molecule has 1 aromatic rings. The molecule has 0 aromatic heterocycles. The molecule has 17 heavy (non-hydrogen) atoms. The molecule has 0 fully saturated rings. The Morgan fingerprint density at radius 3 is 2.82 bits per heavy atom. The number of anilines is 2. The molecule has 0 spiro atoms. The fourth-order valence-corrected chi connectivity index (χ4v) is 1.85. The van der Waals surface area contributed by atoms with Gasteiger partial charge in [-0.2, -0.15) is 0 Å². The Balaban J connectivity index is 1.95. The first-order valence-corrected chi connectivity index (χ1v) is 5.35. The van der Waals surface area contributed by atoms with Gasteiger partial charge in [0, 0.05) is 19.6 Å². The van der Waals surface area contributed by atoms with Crippen LogP contribution < -0.4 is 10.2 Å². The normalized spacial score (nSPS) is 15.4. The van der Waals surface area contributed by atoms with Gasteiger partial charge in [0.05, 0.1) is 18.0 Å². The zero-order valence-corrected chi connectivity index (χ0v) is 9.13. The van der Waals surface area contributed by atoms with Crippen LogP contribution in [-0.2, 0) is 4.74 Å². The number of alkyl halides is 3. The molecular formula is C11H13F3N2O. The summed E-state index contributed by atoms with van der Waals surface area (Å²) < 4.78 is 39.3. The average Bonchev–Trinajstić information content (AvgIpc) is 2.28. The van der Waals surface area contributed by atoms with Crippen LogP contribution in [0.15, 0.2) is 24.3 Å². The summed E-state index contributed by atoms with van der Waals surface area (Å²) in [6.45, 7) is 1.29. The Kier molecular flexibility index (Phi) is 3.42. The summed E-state index contributed by atoms with van der Waals surface area (Å²) >= 11 is 0. The van der Waals surface area contributed by atoms with Crippen molar-refractivity contribution in [2.24, 2.45) is 0 Å². The molecule has 0 unspecified atom stereocenters. The highest BCUT2D eigenvalue weighted by molar-refractivity contribution is 5.71. The highest BCUT2D eigenvalue weighted by Gasteiger charge is 2.29. The van der Waals surface area contributed by atoms with E-state index in [9.17, 15) is 13.2 Å². The zero-order chi connectivity index (χ0) is 12.3. The fourth-order valence-electron chi connectivity index (χ4n) is 1.85. The molecule has 3 nitrogen and oxygen atoms in total. The molecule has 0 bridgehead atoms. The molecule has 1 N–H and O–H groups in total. The Hall–Kier alpha value is -1.43. The fraction of sp³-hybridized carbons (Fsp3) is 0.455. The standard InChI is InChI=1S/C11H13F3N2O/c12-11(13,14)17-8-7-16-6-5-15-9-3-1-2-4-10(9)16/h1-4,15H,5-8H2. The molecular weight excluding hydrogens is 233 g/mol. The largest absolute Gasteiger partial charge is 0.522 e. The van der Waals surface area contributed by atoms with Crippen LogP contribution >= 0.6 is 0 Å². The van der Waals surface area contributed by atoms with E-state index in [2.05, 4.69) is 10.1 Å². The molecule has 2 rings (SSSR count). The van der Waals surface area contributed by atoms with E-state index in [0.29, 0.717) is 6.54 Å². The van der Waals surface area contributed by atoms with Crippen LogP contribution in [0.4, 0.5) is 24.5 Å². The van der Waals surface area contributed by atoms with Crippen molar-refractivity contribution < 1.29 is 17.9 Å². The smallest absolute Gasteiger partial charge is 0.382 e. The van der Waals surface area contributed by atoms with E-state index in [1.807, 2.05) is 29.2 Å². The third kappa shape index (κ3) is 3.26. The molecule has 6 heteroatoms. The van der Waals surface area contributed by atoms with Gasteiger partial charge < -0.3 is 10.2 Å². The number of para-hydroxylation sites is 2. The number of halogens is 3. The Morgan fingerprint density at radius 1 is 1.29 bits per heavy atom. The number of nitrogens with one attached hydrogen (secondary N) is 1. The van der Waals surface area contributed by atoms with Gasteiger partial charge in [-0.15, -0.1) is 13.2 Å². The van der Waals surface area contributed by atoms with Gasteiger partial charge in [-0.25, -0.2) is 0 Å². The van der Waals surface area contributed by atoms with Crippen molar-refractivity contribution in [2.45, 2.75) is 6.36 Å². The van der Waals surface area contributed by atoms with Crippen molar-refractivity contribution in [2.75, 3.05) is 36.5 Å². The lowest BCUT2D eigenvalue weighted by molar-refractivity contribution is -0.323. The van der Waals surface area contributed by atoms with Crippen LogP contribution in [0.25, 0.3) is 0 Å². The molecule has 94 valence electrons. The quantitative estimate of drug-likeness (QED) is 0.886. The van der Waals surface area contributed by atoms with Crippen LogP contribution in [-0.4, -0.2) is 32.6 Å². The third-order valence-electron chi connectivity index (χ3n) is 2.57. The molecule has 1 aliphatic heterocycles. The van der Waals surface area contributed by atoms with Gasteiger partial charge in [0.25, 0.3) is 0 Å². The lowest BCUT2D eigenvalue weighted by Gasteiger charge is -2.31. The first kappa shape index (κ1) is 12.0. The van der Waals surface area contributed by atoms with Crippen molar-refractivity contribution in [3.05, 3.63) is 24.3 Å². The van der Waals surface area contributed by atoms with Crippen LogP contribution in [0.5, 0.6) is 0 Å². The second-order valence-corrected chi connectivity index (χ2v) is 3.73. The van der Waals surface area contributed by atoms with E-state index in [1.165, 1.54) is 0 Å². The van der Waals surface area contributed by atoms with E-state index >= 15 is 0 Å². The summed E-state index contributed by atoms with van der Waals surface area (Å²) in [6, 6.07) is 7.55. The maximum atomic E-state index is 11.9. The number of benzene rings is 1. The van der Waals surface area contributed by atoms with Gasteiger partial charge in [0.15, 0.2) is 0 Å². The SMILES string of the molecule is FC(F)(F)OCCN1CCNc2ccccc21. The van der Waals surface area contributed by atoms with Crippen molar-refractivity contribution in [1.82, 2.24) is 0 Å². The van der Waals surface area contributed by atoms with Crippen molar-refractivity contribution >= 4 is 11.4 Å². The minimum absolute atomic E-state index is 0.234. The maximum absolute atomic E-state index is 11.9. The first-order chi connectivity index (χ1) is 8.06. The maximum Gasteiger partial charge on any atom is 0.522 e. The lowest BCUT2D eigenvalue weighted by Crippen LogP contribution is -2.37. The van der Waals surface area contributed by atoms with Gasteiger partial charge in [-0.1, -0.05) is 12.1 Å². The summed E-state index contributed by atoms with van der Waals surface area (Å²) in [4.78, 5) is 1.89. The number of hydrogen-bond acceptors (Lipinski definition) is 3. The second kappa shape index (κ2) is 4.83. The van der Waals surface area contributed by atoms with Gasteiger partial charge in [0.1, 0.15) is 0 Å². The van der Waals surface area contributed by atoms with E-state index in [0.717, 1.165) is 17.9 Å². The second-order valence-electron chi connectivity index (χ2n) is 3.73. The number of hydrogen-bond donors (Lipinski definition) is 1. The zero-order valence-electron chi connectivity index (χ0n) is 9.13. The molecule has 1 heterocycles. The van der Waals surface area contributed by atoms with Crippen molar-refractivity contribution in [3.63, 3.8) is 0 Å². The molecule has 0 aliphatic carbocycles. The highest BCUT2D eigenvalue weighted by atomic mass is 19.4. The highest BCUT2D eigenvalue weighted by Crippen LogP contribution is 2.28. The molecule has 0 atom stereocenters. The summed E-state index contributed by atoms with van der Waals surface area (Å²) in [5, 5.41) is 3.19. The van der Waals surface area contributed by atoms with Crippen molar-refractivity contribution in [3.8, 4) is 0 Å². The third-order valence-corrected chi connectivity index (χ3v) is 2.57. The van der Waals surface area contributed by atoms with Crippen LogP contribution in [0.3, 0.4) is 0 Å². The molecule has 0 saturated heterocycles. The Labute approximate surface area is 97.2 Å². The average molecular weight is 246 g/mol. The summed E-state index contributed by atoms with van der Waals surface area (Å²) in [5.74, 6) is 0.